The highest BCUT2D eigenvalue weighted by atomic mass is 16.7. The molecule has 1 aromatic carbocycles. The number of rotatable bonds is 6. The van der Waals surface area contributed by atoms with E-state index in [4.69, 9.17) is 13.9 Å². The molecule has 2 fully saturated rings. The second-order valence-corrected chi connectivity index (χ2v) is 7.61. The van der Waals surface area contributed by atoms with Crippen LogP contribution in [0.25, 0.3) is 0 Å². The van der Waals surface area contributed by atoms with Gasteiger partial charge in [-0.05, 0) is 30.5 Å². The standard InChI is InChI=1S/C20H24N4O4/c25-20(21-15-2-3-15)16-12-26-19(22-16)11-24-7-5-23(6-8-24)10-14-1-4-17-18(9-14)28-13-27-17/h1,4,9,12,15H,2-3,5-8,10-11,13H2,(H,21,25). The highest BCUT2D eigenvalue weighted by Gasteiger charge is 2.26. The van der Waals surface area contributed by atoms with E-state index >= 15 is 0 Å². The Balaban J connectivity index is 1.10. The number of carbonyl (C=O) groups excluding carboxylic acids is 1. The van der Waals surface area contributed by atoms with Crippen LogP contribution in [0.5, 0.6) is 11.5 Å². The molecule has 1 aromatic heterocycles. The number of oxazole rings is 1. The van der Waals surface area contributed by atoms with Gasteiger partial charge in [0.2, 0.25) is 12.7 Å². The first-order valence-corrected chi connectivity index (χ1v) is 9.81. The molecule has 2 aromatic rings. The minimum atomic E-state index is -0.133. The number of nitrogens with one attached hydrogen (secondary N) is 1. The Kier molecular flexibility index (Phi) is 4.66. The summed E-state index contributed by atoms with van der Waals surface area (Å²) in [6.45, 7) is 5.67. The molecule has 0 bridgehead atoms. The van der Waals surface area contributed by atoms with Crippen molar-refractivity contribution in [2.75, 3.05) is 33.0 Å². The lowest BCUT2D eigenvalue weighted by Gasteiger charge is -2.34. The third kappa shape index (κ3) is 3.98. The lowest BCUT2D eigenvalue weighted by Crippen LogP contribution is -2.45. The van der Waals surface area contributed by atoms with Crippen LogP contribution >= 0.6 is 0 Å². The fourth-order valence-electron chi connectivity index (χ4n) is 3.57. The molecule has 148 valence electrons. The van der Waals surface area contributed by atoms with E-state index in [0.717, 1.165) is 57.1 Å². The van der Waals surface area contributed by atoms with Gasteiger partial charge in [-0.15, -0.1) is 0 Å². The maximum atomic E-state index is 12.0. The van der Waals surface area contributed by atoms with Crippen molar-refractivity contribution in [1.82, 2.24) is 20.1 Å². The molecule has 0 atom stereocenters. The van der Waals surface area contributed by atoms with Crippen molar-refractivity contribution in [2.45, 2.75) is 32.0 Å². The number of hydrogen-bond acceptors (Lipinski definition) is 7. The van der Waals surface area contributed by atoms with Gasteiger partial charge in [-0.3, -0.25) is 14.6 Å². The molecule has 2 aliphatic heterocycles. The van der Waals surface area contributed by atoms with Gasteiger partial charge >= 0.3 is 0 Å². The lowest BCUT2D eigenvalue weighted by molar-refractivity contribution is 0.0945. The molecule has 1 amide bonds. The third-order valence-corrected chi connectivity index (χ3v) is 5.36. The van der Waals surface area contributed by atoms with Crippen molar-refractivity contribution in [1.29, 1.82) is 0 Å². The lowest BCUT2D eigenvalue weighted by atomic mass is 10.1. The van der Waals surface area contributed by atoms with Gasteiger partial charge in [0, 0.05) is 38.8 Å². The Hall–Kier alpha value is -2.58. The van der Waals surface area contributed by atoms with Crippen molar-refractivity contribution in [3.8, 4) is 11.5 Å². The van der Waals surface area contributed by atoms with Gasteiger partial charge in [-0.1, -0.05) is 6.07 Å². The number of aromatic nitrogens is 1. The summed E-state index contributed by atoms with van der Waals surface area (Å²) in [7, 11) is 0. The number of hydrogen-bond donors (Lipinski definition) is 1. The summed E-state index contributed by atoms with van der Waals surface area (Å²) in [5, 5.41) is 2.93. The van der Waals surface area contributed by atoms with Crippen LogP contribution in [0.1, 0.15) is 34.8 Å². The van der Waals surface area contributed by atoms with Crippen molar-refractivity contribution in [2.24, 2.45) is 0 Å². The predicted molar refractivity (Wildman–Crippen MR) is 100 cm³/mol. The maximum absolute atomic E-state index is 12.0. The topological polar surface area (TPSA) is 80.1 Å². The molecule has 5 rings (SSSR count). The Bertz CT molecular complexity index is 856. The van der Waals surface area contributed by atoms with E-state index in [1.54, 1.807) is 0 Å². The first-order valence-electron chi connectivity index (χ1n) is 9.81. The van der Waals surface area contributed by atoms with Crippen LogP contribution < -0.4 is 14.8 Å². The number of amides is 1. The highest BCUT2D eigenvalue weighted by molar-refractivity contribution is 5.92. The summed E-state index contributed by atoms with van der Waals surface area (Å²) in [5.74, 6) is 2.13. The zero-order valence-corrected chi connectivity index (χ0v) is 15.7. The van der Waals surface area contributed by atoms with E-state index in [-0.39, 0.29) is 5.91 Å². The molecule has 1 saturated carbocycles. The van der Waals surface area contributed by atoms with E-state index in [9.17, 15) is 4.79 Å². The molecule has 1 aliphatic carbocycles. The largest absolute Gasteiger partial charge is 0.454 e. The minimum absolute atomic E-state index is 0.133. The van der Waals surface area contributed by atoms with Crippen LogP contribution in [-0.4, -0.2) is 59.7 Å². The van der Waals surface area contributed by atoms with E-state index in [1.807, 2.05) is 6.07 Å². The third-order valence-electron chi connectivity index (χ3n) is 5.36. The number of ether oxygens (including phenoxy) is 2. The fraction of sp³-hybridized carbons (Fsp3) is 0.500. The van der Waals surface area contributed by atoms with Crippen LogP contribution in [0.3, 0.4) is 0 Å². The van der Waals surface area contributed by atoms with Gasteiger partial charge in [-0.2, -0.15) is 0 Å². The summed E-state index contributed by atoms with van der Waals surface area (Å²) in [4.78, 5) is 21.1. The van der Waals surface area contributed by atoms with E-state index in [2.05, 4.69) is 32.2 Å². The van der Waals surface area contributed by atoms with Crippen LogP contribution in [0.15, 0.2) is 28.9 Å². The van der Waals surface area contributed by atoms with Crippen molar-refractivity contribution < 1.29 is 18.7 Å². The molecule has 8 heteroatoms. The number of piperazine rings is 1. The van der Waals surface area contributed by atoms with Gasteiger partial charge in [0.05, 0.1) is 6.54 Å². The molecule has 3 heterocycles. The van der Waals surface area contributed by atoms with Crippen LogP contribution in [0.4, 0.5) is 0 Å². The van der Waals surface area contributed by atoms with Gasteiger partial charge < -0.3 is 19.2 Å². The van der Waals surface area contributed by atoms with Crippen molar-refractivity contribution in [3.63, 3.8) is 0 Å². The molecule has 0 unspecified atom stereocenters. The first kappa shape index (κ1) is 17.5. The molecule has 1 saturated heterocycles. The fourth-order valence-corrected chi connectivity index (χ4v) is 3.57. The molecule has 1 N–H and O–H groups in total. The normalized spacial score (nSPS) is 19.7. The average Bonchev–Trinajstić information content (AvgIpc) is 3.19. The quantitative estimate of drug-likeness (QED) is 0.810. The summed E-state index contributed by atoms with van der Waals surface area (Å²) >= 11 is 0. The van der Waals surface area contributed by atoms with Crippen molar-refractivity contribution in [3.05, 3.63) is 41.6 Å². The SMILES string of the molecule is O=C(NC1CC1)c1coc(CN2CCN(Cc3ccc4c(c3)OCO4)CC2)n1. The summed E-state index contributed by atoms with van der Waals surface area (Å²) < 4.78 is 16.3. The molecule has 3 aliphatic rings. The second-order valence-electron chi connectivity index (χ2n) is 7.61. The van der Waals surface area contributed by atoms with E-state index < -0.39 is 0 Å². The van der Waals surface area contributed by atoms with Gasteiger partial charge in [0.25, 0.3) is 5.91 Å². The van der Waals surface area contributed by atoms with E-state index in [0.29, 0.717) is 31.0 Å². The van der Waals surface area contributed by atoms with Gasteiger partial charge in [0.15, 0.2) is 17.2 Å². The smallest absolute Gasteiger partial charge is 0.273 e. The van der Waals surface area contributed by atoms with Gasteiger partial charge in [0.1, 0.15) is 6.26 Å². The number of benzene rings is 1. The second kappa shape index (κ2) is 7.44. The number of fused-ring (bicyclic) bond motifs is 1. The van der Waals surface area contributed by atoms with E-state index in [1.165, 1.54) is 11.8 Å². The highest BCUT2D eigenvalue weighted by Crippen LogP contribution is 2.32. The summed E-state index contributed by atoms with van der Waals surface area (Å²) in [6, 6.07) is 6.47. The van der Waals surface area contributed by atoms with Crippen LogP contribution in [-0.2, 0) is 13.1 Å². The molecule has 28 heavy (non-hydrogen) atoms. The Morgan fingerprint density at radius 1 is 1.07 bits per heavy atom. The van der Waals surface area contributed by atoms with Crippen LogP contribution in [0, 0.1) is 0 Å². The Morgan fingerprint density at radius 2 is 1.82 bits per heavy atom. The van der Waals surface area contributed by atoms with Crippen LogP contribution in [0.2, 0.25) is 0 Å². The minimum Gasteiger partial charge on any atom is -0.454 e. The molecule has 0 radical (unpaired) electrons. The maximum Gasteiger partial charge on any atom is 0.273 e. The molecule has 0 spiro atoms. The first-order chi connectivity index (χ1) is 13.7. The van der Waals surface area contributed by atoms with Gasteiger partial charge in [-0.25, -0.2) is 4.98 Å². The zero-order chi connectivity index (χ0) is 18.9. The molecular formula is C20H24N4O4. The number of nitrogens with zero attached hydrogens (tertiary/aromatic N) is 3. The predicted octanol–water partition coefficient (Wildman–Crippen LogP) is 1.61. The van der Waals surface area contributed by atoms with Crippen molar-refractivity contribution >= 4 is 5.91 Å². The zero-order valence-electron chi connectivity index (χ0n) is 15.7. The Morgan fingerprint density at radius 3 is 2.61 bits per heavy atom. The Labute approximate surface area is 163 Å². The molecular weight excluding hydrogens is 360 g/mol. The monoisotopic (exact) mass is 384 g/mol. The molecule has 8 nitrogen and oxygen atoms in total. The number of carbonyl (C=O) groups is 1. The summed E-state index contributed by atoms with van der Waals surface area (Å²) in [6.07, 6.45) is 3.59. The summed E-state index contributed by atoms with van der Waals surface area (Å²) in [5.41, 5.74) is 1.61. The average molecular weight is 384 g/mol.